The molecule has 0 spiro atoms. The first-order valence-electron chi connectivity index (χ1n) is 8.89. The number of benzene rings is 1. The van der Waals surface area contributed by atoms with Gasteiger partial charge in [0.2, 0.25) is 5.91 Å². The van der Waals surface area contributed by atoms with Gasteiger partial charge in [-0.2, -0.15) is 22.1 Å². The summed E-state index contributed by atoms with van der Waals surface area (Å²) in [5, 5.41) is 5.82. The van der Waals surface area contributed by atoms with Crippen molar-refractivity contribution in [3.8, 4) is 0 Å². The lowest BCUT2D eigenvalue weighted by molar-refractivity contribution is -0.125. The Balaban J connectivity index is 1.72. The Kier molecular flexibility index (Phi) is 5.68. The summed E-state index contributed by atoms with van der Waals surface area (Å²) in [5.41, 5.74) is 6.43. The molecule has 28 heavy (non-hydrogen) atoms. The van der Waals surface area contributed by atoms with E-state index in [-0.39, 0.29) is 44.2 Å². The molecule has 0 bridgehead atoms. The lowest BCUT2D eigenvalue weighted by Gasteiger charge is -2.35. The number of rotatable bonds is 5. The van der Waals surface area contributed by atoms with Crippen molar-refractivity contribution in [1.82, 2.24) is 13.5 Å². The number of hydrogen-bond donors (Lipinski definition) is 1. The van der Waals surface area contributed by atoms with Crippen LogP contribution >= 0.6 is 0 Å². The molecule has 2 N–H and O–H groups in total. The van der Waals surface area contributed by atoms with Gasteiger partial charge in [-0.05, 0) is 12.1 Å². The minimum absolute atomic E-state index is 0.124. The quantitative estimate of drug-likeness (QED) is 0.674. The van der Waals surface area contributed by atoms with Crippen LogP contribution in [-0.4, -0.2) is 85.8 Å². The number of hydrogen-bond acceptors (Lipinski definition) is 6. The first-order valence-corrected chi connectivity index (χ1v) is 10.3. The summed E-state index contributed by atoms with van der Waals surface area (Å²) in [7, 11) is -0.555. The van der Waals surface area contributed by atoms with E-state index in [4.69, 9.17) is 5.73 Å². The van der Waals surface area contributed by atoms with E-state index < -0.39 is 22.2 Å². The van der Waals surface area contributed by atoms with Gasteiger partial charge in [0.15, 0.2) is 0 Å². The summed E-state index contributed by atoms with van der Waals surface area (Å²) in [6.07, 6.45) is 0.124. The van der Waals surface area contributed by atoms with Gasteiger partial charge < -0.3 is 10.6 Å². The molecular weight excluding hydrogens is 384 g/mol. The molecule has 2 amide bonds. The highest BCUT2D eigenvalue weighted by Crippen LogP contribution is 2.25. The first kappa shape index (κ1) is 20.2. The number of primary amides is 1. The minimum Gasteiger partial charge on any atom is -0.368 e. The molecule has 1 unspecified atom stereocenters. The summed E-state index contributed by atoms with van der Waals surface area (Å²) in [6, 6.07) is 8.32. The van der Waals surface area contributed by atoms with Crippen LogP contribution in [0.25, 0.3) is 0 Å². The van der Waals surface area contributed by atoms with Crippen LogP contribution in [0.4, 0.5) is 5.69 Å². The number of carbonyl (C=O) groups is 2. The van der Waals surface area contributed by atoms with Crippen LogP contribution < -0.4 is 10.7 Å². The number of hydrazone groups is 1. The third-order valence-electron chi connectivity index (χ3n) is 4.82. The molecular formula is C17H24N6O4S. The van der Waals surface area contributed by atoms with E-state index in [0.717, 1.165) is 4.31 Å². The van der Waals surface area contributed by atoms with Crippen LogP contribution in [0.1, 0.15) is 6.42 Å². The smallest absolute Gasteiger partial charge is 0.281 e. The van der Waals surface area contributed by atoms with Crippen LogP contribution in [0.15, 0.2) is 35.4 Å². The molecule has 10 nitrogen and oxygen atoms in total. The average Bonchev–Trinajstić information content (AvgIpc) is 3.14. The first-order chi connectivity index (χ1) is 13.2. The fourth-order valence-corrected chi connectivity index (χ4v) is 4.30. The molecule has 11 heteroatoms. The van der Waals surface area contributed by atoms with Crippen LogP contribution in [0.5, 0.6) is 0 Å². The zero-order valence-electron chi connectivity index (χ0n) is 15.9. The van der Waals surface area contributed by atoms with E-state index in [0.29, 0.717) is 5.69 Å². The van der Waals surface area contributed by atoms with Gasteiger partial charge in [-0.1, -0.05) is 18.2 Å². The average molecular weight is 408 g/mol. The van der Waals surface area contributed by atoms with Crippen molar-refractivity contribution in [2.75, 3.05) is 45.3 Å². The lowest BCUT2D eigenvalue weighted by atomic mass is 10.1. The van der Waals surface area contributed by atoms with E-state index in [9.17, 15) is 18.0 Å². The second-order valence-electron chi connectivity index (χ2n) is 6.83. The molecule has 0 aliphatic carbocycles. The monoisotopic (exact) mass is 408 g/mol. The number of anilines is 1. The lowest BCUT2D eigenvalue weighted by Crippen LogP contribution is -2.54. The highest BCUT2D eigenvalue weighted by molar-refractivity contribution is 7.86. The second-order valence-corrected chi connectivity index (χ2v) is 8.97. The van der Waals surface area contributed by atoms with Crippen molar-refractivity contribution < 1.29 is 18.0 Å². The third kappa shape index (κ3) is 3.86. The third-order valence-corrected chi connectivity index (χ3v) is 6.76. The van der Waals surface area contributed by atoms with Gasteiger partial charge in [0.1, 0.15) is 11.8 Å². The number of para-hydroxylation sites is 1. The van der Waals surface area contributed by atoms with Gasteiger partial charge in [-0.15, -0.1) is 0 Å². The van der Waals surface area contributed by atoms with Gasteiger partial charge in [0, 0.05) is 46.7 Å². The number of nitrogens with two attached hydrogens (primary N) is 1. The molecule has 3 rings (SSSR count). The van der Waals surface area contributed by atoms with Crippen molar-refractivity contribution in [1.29, 1.82) is 0 Å². The highest BCUT2D eigenvalue weighted by atomic mass is 32.2. The Labute approximate surface area is 164 Å². The minimum atomic E-state index is -3.50. The maximum Gasteiger partial charge on any atom is 0.281 e. The maximum absolute atomic E-state index is 12.9. The molecule has 0 radical (unpaired) electrons. The van der Waals surface area contributed by atoms with E-state index in [1.807, 2.05) is 18.2 Å². The number of amides is 2. The van der Waals surface area contributed by atoms with Crippen molar-refractivity contribution in [3.63, 3.8) is 0 Å². The van der Waals surface area contributed by atoms with E-state index >= 15 is 0 Å². The molecule has 1 atom stereocenters. The standard InChI is InChI=1S/C17H24N6O4S/c1-20(2)28(26,27)22-10-8-21(9-11-22)17(25)14-12-15(16(18)24)23(19-14)13-6-4-3-5-7-13/h3-7,15H,8-12H2,1-2H3,(H2,18,24). The summed E-state index contributed by atoms with van der Waals surface area (Å²) in [6.45, 7) is 0.942. The predicted molar refractivity (Wildman–Crippen MR) is 105 cm³/mol. The van der Waals surface area contributed by atoms with Crippen molar-refractivity contribution in [2.24, 2.45) is 10.8 Å². The van der Waals surface area contributed by atoms with Gasteiger partial charge >= 0.3 is 0 Å². The Morgan fingerprint density at radius 1 is 1.11 bits per heavy atom. The predicted octanol–water partition coefficient (Wildman–Crippen LogP) is -0.943. The molecule has 1 fully saturated rings. The van der Waals surface area contributed by atoms with Gasteiger partial charge in [-0.3, -0.25) is 14.6 Å². The van der Waals surface area contributed by atoms with E-state index in [2.05, 4.69) is 5.10 Å². The molecule has 1 saturated heterocycles. The van der Waals surface area contributed by atoms with Crippen LogP contribution in [0, 0.1) is 0 Å². The Hall–Kier alpha value is -2.50. The molecule has 2 aliphatic rings. The Morgan fingerprint density at radius 2 is 1.71 bits per heavy atom. The molecule has 2 aliphatic heterocycles. The fourth-order valence-electron chi connectivity index (χ4n) is 3.22. The Morgan fingerprint density at radius 3 is 2.25 bits per heavy atom. The van der Waals surface area contributed by atoms with Crippen LogP contribution in [0.2, 0.25) is 0 Å². The number of nitrogens with zero attached hydrogens (tertiary/aromatic N) is 5. The van der Waals surface area contributed by atoms with Crippen molar-refractivity contribution >= 4 is 33.4 Å². The number of piperazine rings is 1. The second kappa shape index (κ2) is 7.86. The largest absolute Gasteiger partial charge is 0.368 e. The normalized spacial score (nSPS) is 21.1. The fraction of sp³-hybridized carbons (Fsp3) is 0.471. The van der Waals surface area contributed by atoms with Crippen molar-refractivity contribution in [2.45, 2.75) is 12.5 Å². The van der Waals surface area contributed by atoms with Crippen molar-refractivity contribution in [3.05, 3.63) is 30.3 Å². The van der Waals surface area contributed by atoms with E-state index in [1.165, 1.54) is 23.4 Å². The zero-order valence-corrected chi connectivity index (χ0v) is 16.7. The number of carbonyl (C=O) groups excluding carboxylic acids is 2. The summed E-state index contributed by atoms with van der Waals surface area (Å²) < 4.78 is 26.9. The maximum atomic E-state index is 12.9. The van der Waals surface area contributed by atoms with Crippen LogP contribution in [0.3, 0.4) is 0 Å². The van der Waals surface area contributed by atoms with E-state index in [1.54, 1.807) is 17.0 Å². The molecule has 0 aromatic heterocycles. The molecule has 2 heterocycles. The van der Waals surface area contributed by atoms with Crippen LogP contribution in [-0.2, 0) is 19.8 Å². The summed E-state index contributed by atoms with van der Waals surface area (Å²) in [4.78, 5) is 26.3. The van der Waals surface area contributed by atoms with Gasteiger partial charge in [0.25, 0.3) is 16.1 Å². The Bertz CT molecular complexity index is 878. The SMILES string of the molecule is CN(C)S(=O)(=O)N1CCN(C(=O)C2=NN(c3ccccc3)C(C(N)=O)C2)CC1. The summed E-state index contributed by atoms with van der Waals surface area (Å²) in [5.74, 6) is -0.858. The molecule has 152 valence electrons. The van der Waals surface area contributed by atoms with Gasteiger partial charge in [0.05, 0.1) is 5.69 Å². The van der Waals surface area contributed by atoms with Gasteiger partial charge in [-0.25, -0.2) is 0 Å². The topological polar surface area (TPSA) is 120 Å². The molecule has 0 saturated carbocycles. The molecule has 1 aromatic carbocycles. The molecule has 1 aromatic rings. The highest BCUT2D eigenvalue weighted by Gasteiger charge is 2.38. The zero-order chi connectivity index (χ0) is 20.5. The summed E-state index contributed by atoms with van der Waals surface area (Å²) >= 11 is 0.